The van der Waals surface area contributed by atoms with E-state index < -0.39 is 63.5 Å². The molecule has 0 aliphatic carbocycles. The monoisotopic (exact) mass is 907 g/mol. The minimum atomic E-state index is -4.78. The third-order valence-corrected chi connectivity index (χ3v) is 13.1. The van der Waals surface area contributed by atoms with Crippen molar-refractivity contribution in [3.63, 3.8) is 0 Å². The molecule has 1 aliphatic rings. The molecule has 0 spiro atoms. The van der Waals surface area contributed by atoms with Gasteiger partial charge in [0.25, 0.3) is 5.91 Å². The average molecular weight is 908 g/mol. The molecule has 63 heavy (non-hydrogen) atoms. The molecule has 0 bridgehead atoms. The van der Waals surface area contributed by atoms with Gasteiger partial charge >= 0.3 is 26.5 Å². The maximum Gasteiger partial charge on any atom is 0.595 e. The maximum absolute atomic E-state index is 14.2. The van der Waals surface area contributed by atoms with Gasteiger partial charge in [-0.25, -0.2) is 29.1 Å². The zero-order valence-corrected chi connectivity index (χ0v) is 35.2. The Hall–Kier alpha value is -6.62. The first kappa shape index (κ1) is 43.0. The second kappa shape index (κ2) is 19.2. The van der Waals surface area contributed by atoms with Gasteiger partial charge in [-0.1, -0.05) is 91.0 Å². The minimum Gasteiger partial charge on any atom is -0.452 e. The van der Waals surface area contributed by atoms with Crippen LogP contribution in [0, 0.1) is 0 Å². The fraction of sp³-hybridized carbons (Fsp3) is 0.116. The van der Waals surface area contributed by atoms with Gasteiger partial charge < -0.3 is 38.0 Å². The quantitative estimate of drug-likeness (QED) is 0.0696. The Morgan fingerprint density at radius 1 is 0.683 bits per heavy atom. The molecule has 5 atom stereocenters. The summed E-state index contributed by atoms with van der Waals surface area (Å²) in [5.41, 5.74) is 0.954. The van der Waals surface area contributed by atoms with E-state index in [0.29, 0.717) is 5.56 Å². The number of imidazole rings is 1. The molecule has 20 heteroatoms. The predicted octanol–water partition coefficient (Wildman–Crippen LogP) is 7.94. The first-order valence-electron chi connectivity index (χ1n) is 19.0. The molecule has 0 radical (unpaired) electrons. The van der Waals surface area contributed by atoms with E-state index in [1.54, 1.807) is 103 Å². The number of benzene rings is 5. The number of phosphoric ester groups is 1. The number of carbonyl (C=O) groups is 3. The molecule has 320 valence electrons. The summed E-state index contributed by atoms with van der Waals surface area (Å²) >= 11 is 5.36. The highest BCUT2D eigenvalue weighted by atomic mass is 32.5. The Morgan fingerprint density at radius 2 is 1.17 bits per heavy atom. The summed E-state index contributed by atoms with van der Waals surface area (Å²) in [6.07, 6.45) is -3.15. The summed E-state index contributed by atoms with van der Waals surface area (Å²) < 4.78 is 56.8. The summed E-state index contributed by atoms with van der Waals surface area (Å²) in [6, 6.07) is 40.4. The fourth-order valence-corrected chi connectivity index (χ4v) is 9.87. The number of nitrogens with zero attached hydrogens (tertiary/aromatic N) is 4. The summed E-state index contributed by atoms with van der Waals surface area (Å²) in [7, 11) is -4.78. The van der Waals surface area contributed by atoms with E-state index in [0.717, 1.165) is 0 Å². The lowest BCUT2D eigenvalue weighted by Crippen LogP contribution is -2.41. The maximum atomic E-state index is 14.2. The third-order valence-electron chi connectivity index (χ3n) is 9.22. The first-order chi connectivity index (χ1) is 30.5. The van der Waals surface area contributed by atoms with Crippen LogP contribution in [-0.4, -0.2) is 67.2 Å². The molecule has 1 aliphatic heterocycles. The topological polar surface area (TPSA) is 209 Å². The zero-order chi connectivity index (χ0) is 43.8. The van der Waals surface area contributed by atoms with E-state index in [1.165, 1.54) is 65.8 Å². The van der Waals surface area contributed by atoms with Crippen molar-refractivity contribution in [1.82, 2.24) is 19.5 Å². The van der Waals surface area contributed by atoms with Crippen LogP contribution in [0.2, 0.25) is 0 Å². The van der Waals surface area contributed by atoms with Gasteiger partial charge in [-0.15, -0.1) is 0 Å². The average Bonchev–Trinajstić information content (AvgIpc) is 3.88. The second-order valence-corrected chi connectivity index (χ2v) is 18.0. The smallest absolute Gasteiger partial charge is 0.452 e. The van der Waals surface area contributed by atoms with Crippen molar-refractivity contribution in [3.05, 3.63) is 181 Å². The number of fused-ring (bicyclic) bond motifs is 1. The lowest BCUT2D eigenvalue weighted by Gasteiger charge is -2.26. The largest absolute Gasteiger partial charge is 0.595 e. The van der Waals surface area contributed by atoms with Crippen molar-refractivity contribution in [3.8, 4) is 11.5 Å². The van der Waals surface area contributed by atoms with Gasteiger partial charge in [0.15, 0.2) is 35.4 Å². The van der Waals surface area contributed by atoms with Crippen molar-refractivity contribution in [2.24, 2.45) is 0 Å². The van der Waals surface area contributed by atoms with Crippen molar-refractivity contribution in [2.45, 2.75) is 24.5 Å². The van der Waals surface area contributed by atoms with Crippen molar-refractivity contribution in [2.75, 3.05) is 11.9 Å². The number of carbonyl (C=O) groups excluding carboxylic acids is 3. The number of para-hydroxylation sites is 2. The van der Waals surface area contributed by atoms with Crippen molar-refractivity contribution in [1.29, 1.82) is 0 Å². The zero-order valence-electron chi connectivity index (χ0n) is 32.6. The summed E-state index contributed by atoms with van der Waals surface area (Å²) in [4.78, 5) is 65.3. The van der Waals surface area contributed by atoms with Gasteiger partial charge in [0.1, 0.15) is 23.9 Å². The minimum absolute atomic E-state index is 0.0633. The van der Waals surface area contributed by atoms with Crippen LogP contribution in [0.25, 0.3) is 11.2 Å². The Balaban J connectivity index is 1.13. The van der Waals surface area contributed by atoms with Crippen molar-refractivity contribution < 1.29 is 55.9 Å². The van der Waals surface area contributed by atoms with E-state index in [-0.39, 0.29) is 39.6 Å². The highest BCUT2D eigenvalue weighted by Crippen LogP contribution is 2.63. The molecule has 8 rings (SSSR count). The number of esters is 2. The standard InChI is InChI=1S/C43H35N5O12P2S/c49-40(29-16-6-1-7-17-29)47-38-35-39(45-27-44-38)48(28-46-35)41-37(57-43(51)31-20-10-3-11-21-31)36(56-42(50)30-18-8-2-9-19-30)34(55-41)26-54-62(53,63)60-61(52,58-32-22-12-4-13-23-32)59-33-24-14-5-15-25-33/h1-25,27-28,34,36-37,41H,26H2,(H,53,63)(H,44,45,47,49)/t34-,36-,37-,41-,62?/m1/s1. The van der Waals surface area contributed by atoms with E-state index in [1.807, 2.05) is 0 Å². The number of nitrogens with one attached hydrogen (secondary N) is 1. The molecular weight excluding hydrogens is 873 g/mol. The number of aromatic nitrogens is 4. The highest BCUT2D eigenvalue weighted by Gasteiger charge is 2.52. The molecule has 0 saturated carbocycles. The molecule has 7 aromatic rings. The Kier molecular flexibility index (Phi) is 13.1. The van der Waals surface area contributed by atoms with Crippen LogP contribution >= 0.6 is 14.5 Å². The number of rotatable bonds is 16. The van der Waals surface area contributed by atoms with E-state index in [4.69, 9.17) is 43.9 Å². The number of ether oxygens (including phenoxy) is 3. The normalized spacial score (nSPS) is 18.2. The van der Waals surface area contributed by atoms with Crippen LogP contribution in [0.4, 0.5) is 5.82 Å². The molecule has 3 heterocycles. The van der Waals surface area contributed by atoms with E-state index >= 15 is 0 Å². The van der Waals surface area contributed by atoms with Gasteiger partial charge in [0, 0.05) is 5.56 Å². The summed E-state index contributed by atoms with van der Waals surface area (Å²) in [6.45, 7) is -5.29. The SMILES string of the molecule is O=C(Nc1ncnc2c1ncn2[C@@H]1O[C@H](COP(O)(=S)OP(=O)(Oc2ccccc2)Oc2ccccc2)[C@@H](OC(=O)c2ccccc2)[C@H]1OC(=O)c1ccccc1)c1ccccc1. The van der Waals surface area contributed by atoms with Crippen LogP contribution < -0.4 is 14.4 Å². The molecule has 5 aromatic carbocycles. The van der Waals surface area contributed by atoms with Crippen LogP contribution in [0.15, 0.2) is 164 Å². The van der Waals surface area contributed by atoms with Gasteiger partial charge in [0.05, 0.1) is 24.1 Å². The van der Waals surface area contributed by atoms with Crippen molar-refractivity contribution >= 4 is 61.2 Å². The fourth-order valence-electron chi connectivity index (χ4n) is 6.36. The summed E-state index contributed by atoms with van der Waals surface area (Å²) in [5.74, 6) is -1.88. The number of phosphoric acid groups is 1. The molecule has 1 fully saturated rings. The first-order valence-corrected chi connectivity index (χ1v) is 23.1. The van der Waals surface area contributed by atoms with Gasteiger partial charge in [-0.2, -0.15) is 4.31 Å². The predicted molar refractivity (Wildman–Crippen MR) is 230 cm³/mol. The molecule has 17 nitrogen and oxygen atoms in total. The Bertz CT molecular complexity index is 2750. The van der Waals surface area contributed by atoms with Crippen LogP contribution in [0.3, 0.4) is 0 Å². The van der Waals surface area contributed by atoms with Gasteiger partial charge in [0.2, 0.25) is 0 Å². The van der Waals surface area contributed by atoms with Crippen LogP contribution in [0.1, 0.15) is 37.3 Å². The molecule has 1 amide bonds. The molecule has 2 aromatic heterocycles. The molecular formula is C43H35N5O12P2S. The lowest BCUT2D eigenvalue weighted by atomic mass is 10.1. The molecule has 1 unspecified atom stereocenters. The number of hydrogen-bond donors (Lipinski definition) is 2. The van der Waals surface area contributed by atoms with Gasteiger partial charge in [-0.3, -0.25) is 9.36 Å². The van der Waals surface area contributed by atoms with Crippen LogP contribution in [-0.2, 0) is 39.4 Å². The number of anilines is 1. The third kappa shape index (κ3) is 10.5. The lowest BCUT2D eigenvalue weighted by molar-refractivity contribution is -0.0547. The molecule has 2 N–H and O–H groups in total. The van der Waals surface area contributed by atoms with Gasteiger partial charge in [-0.05, 0) is 72.5 Å². The van der Waals surface area contributed by atoms with E-state index in [2.05, 4.69) is 20.3 Å². The number of hydrogen-bond acceptors (Lipinski definition) is 15. The Morgan fingerprint density at radius 3 is 1.71 bits per heavy atom. The van der Waals surface area contributed by atoms with Crippen LogP contribution in [0.5, 0.6) is 11.5 Å². The number of amides is 1. The Labute approximate surface area is 364 Å². The van der Waals surface area contributed by atoms with E-state index in [9.17, 15) is 23.8 Å². The second-order valence-electron chi connectivity index (χ2n) is 13.5. The summed E-state index contributed by atoms with van der Waals surface area (Å²) in [5, 5.41) is 2.74. The molecule has 1 saturated heterocycles. The highest BCUT2D eigenvalue weighted by molar-refractivity contribution is 8.08.